The molecule has 0 spiro atoms. The molecule has 0 bridgehead atoms. The zero-order valence-electron chi connectivity index (χ0n) is 13.3. The number of unbranched alkanes of at least 4 members (excludes halogenated alkanes) is 1. The van der Waals surface area contributed by atoms with Crippen molar-refractivity contribution in [1.29, 1.82) is 0 Å². The number of aliphatic carboxylic acids is 1. The predicted octanol–water partition coefficient (Wildman–Crippen LogP) is 1.32. The standard InChI is InChI=1S/C14H28N2O5/c1-4-16(12(2)11-13(17)18)14(19)15-7-5-6-8-21-10-9-20-3/h12H,4-11H2,1-3H3,(H,15,19)(H,17,18). The van der Waals surface area contributed by atoms with Crippen LogP contribution in [0.1, 0.15) is 33.1 Å². The number of nitrogens with one attached hydrogen (secondary N) is 1. The number of carboxylic acid groups (broad SMARTS) is 1. The van der Waals surface area contributed by atoms with E-state index in [2.05, 4.69) is 5.32 Å². The number of nitrogens with zero attached hydrogens (tertiary/aromatic N) is 1. The number of hydrogen-bond acceptors (Lipinski definition) is 4. The molecule has 1 unspecified atom stereocenters. The van der Waals surface area contributed by atoms with Crippen LogP contribution in [-0.4, -0.2) is 68.1 Å². The lowest BCUT2D eigenvalue weighted by Gasteiger charge is -2.27. The molecule has 0 aromatic carbocycles. The smallest absolute Gasteiger partial charge is 0.317 e. The van der Waals surface area contributed by atoms with Gasteiger partial charge >= 0.3 is 12.0 Å². The summed E-state index contributed by atoms with van der Waals surface area (Å²) in [5.74, 6) is -0.901. The van der Waals surface area contributed by atoms with Crippen LogP contribution in [0, 0.1) is 0 Å². The summed E-state index contributed by atoms with van der Waals surface area (Å²) in [5, 5.41) is 11.6. The van der Waals surface area contributed by atoms with Crippen LogP contribution in [0.25, 0.3) is 0 Å². The quantitative estimate of drug-likeness (QED) is 0.531. The van der Waals surface area contributed by atoms with Gasteiger partial charge in [-0.1, -0.05) is 0 Å². The lowest BCUT2D eigenvalue weighted by atomic mass is 10.2. The highest BCUT2D eigenvalue weighted by molar-refractivity contribution is 5.75. The molecule has 0 radical (unpaired) electrons. The van der Waals surface area contributed by atoms with Crippen LogP contribution in [-0.2, 0) is 14.3 Å². The maximum Gasteiger partial charge on any atom is 0.317 e. The molecule has 0 aliphatic rings. The molecule has 0 heterocycles. The number of carboxylic acids is 1. The first kappa shape index (κ1) is 19.7. The van der Waals surface area contributed by atoms with E-state index in [0.29, 0.717) is 32.9 Å². The normalized spacial score (nSPS) is 12.0. The van der Waals surface area contributed by atoms with Crippen LogP contribution in [0.3, 0.4) is 0 Å². The fourth-order valence-corrected chi connectivity index (χ4v) is 1.89. The molecular formula is C14H28N2O5. The first-order valence-electron chi connectivity index (χ1n) is 7.35. The van der Waals surface area contributed by atoms with Crippen molar-refractivity contribution in [3.63, 3.8) is 0 Å². The molecule has 0 rings (SSSR count). The maximum absolute atomic E-state index is 11.9. The van der Waals surface area contributed by atoms with Gasteiger partial charge in [0.1, 0.15) is 0 Å². The molecular weight excluding hydrogens is 276 g/mol. The van der Waals surface area contributed by atoms with Crippen LogP contribution in [0.2, 0.25) is 0 Å². The molecule has 2 amide bonds. The Bertz CT molecular complexity index is 299. The molecule has 0 fully saturated rings. The Morgan fingerprint density at radius 3 is 2.52 bits per heavy atom. The van der Waals surface area contributed by atoms with Gasteiger partial charge in [0.15, 0.2) is 0 Å². The van der Waals surface area contributed by atoms with Crippen molar-refractivity contribution >= 4 is 12.0 Å². The van der Waals surface area contributed by atoms with E-state index in [1.165, 1.54) is 4.90 Å². The monoisotopic (exact) mass is 304 g/mol. The van der Waals surface area contributed by atoms with Crippen LogP contribution < -0.4 is 5.32 Å². The van der Waals surface area contributed by atoms with Crippen LogP contribution >= 0.6 is 0 Å². The third-order valence-corrected chi connectivity index (χ3v) is 3.03. The molecule has 1 atom stereocenters. The Morgan fingerprint density at radius 1 is 1.24 bits per heavy atom. The molecule has 0 aromatic heterocycles. The van der Waals surface area contributed by atoms with Crippen LogP contribution in [0.4, 0.5) is 4.79 Å². The summed E-state index contributed by atoms with van der Waals surface area (Å²) in [4.78, 5) is 24.2. The zero-order chi connectivity index (χ0) is 16.1. The number of carbonyl (C=O) groups excluding carboxylic acids is 1. The number of amides is 2. The van der Waals surface area contributed by atoms with Gasteiger partial charge in [-0.05, 0) is 26.7 Å². The van der Waals surface area contributed by atoms with Crippen molar-refractivity contribution in [2.45, 2.75) is 39.2 Å². The highest BCUT2D eigenvalue weighted by atomic mass is 16.5. The van der Waals surface area contributed by atoms with Gasteiger partial charge in [-0.2, -0.15) is 0 Å². The topological polar surface area (TPSA) is 88.1 Å². The summed E-state index contributed by atoms with van der Waals surface area (Å²) < 4.78 is 10.2. The SMILES string of the molecule is CCN(C(=O)NCCCCOCCOC)C(C)CC(=O)O. The van der Waals surface area contributed by atoms with E-state index in [9.17, 15) is 9.59 Å². The molecule has 0 aromatic rings. The number of ether oxygens (including phenoxy) is 2. The predicted molar refractivity (Wildman–Crippen MR) is 79.4 cm³/mol. The highest BCUT2D eigenvalue weighted by Crippen LogP contribution is 2.04. The summed E-state index contributed by atoms with van der Waals surface area (Å²) in [7, 11) is 1.63. The average molecular weight is 304 g/mol. The third-order valence-electron chi connectivity index (χ3n) is 3.03. The number of hydrogen-bond donors (Lipinski definition) is 2. The average Bonchev–Trinajstić information content (AvgIpc) is 2.41. The van der Waals surface area contributed by atoms with E-state index >= 15 is 0 Å². The summed E-state index contributed by atoms with van der Waals surface area (Å²) in [6, 6.07) is -0.531. The number of rotatable bonds is 12. The minimum absolute atomic E-state index is 0.0470. The van der Waals surface area contributed by atoms with E-state index in [1.807, 2.05) is 6.92 Å². The largest absolute Gasteiger partial charge is 0.481 e. The fourth-order valence-electron chi connectivity index (χ4n) is 1.89. The Kier molecular flexibility index (Phi) is 11.6. The zero-order valence-corrected chi connectivity index (χ0v) is 13.3. The van der Waals surface area contributed by atoms with Crippen molar-refractivity contribution in [2.75, 3.05) is 40.0 Å². The van der Waals surface area contributed by atoms with Gasteiger partial charge < -0.3 is 24.8 Å². The van der Waals surface area contributed by atoms with Gasteiger partial charge in [0, 0.05) is 32.8 Å². The molecule has 7 heteroatoms. The molecule has 0 saturated carbocycles. The number of urea groups is 1. The summed E-state index contributed by atoms with van der Waals surface area (Å²) in [5.41, 5.74) is 0. The minimum atomic E-state index is -0.901. The van der Waals surface area contributed by atoms with Crippen molar-refractivity contribution in [3.05, 3.63) is 0 Å². The second-order valence-corrected chi connectivity index (χ2v) is 4.78. The minimum Gasteiger partial charge on any atom is -0.481 e. The van der Waals surface area contributed by atoms with E-state index in [0.717, 1.165) is 12.8 Å². The number of methoxy groups -OCH3 is 1. The Labute approximate surface area is 126 Å². The van der Waals surface area contributed by atoms with E-state index in [1.54, 1.807) is 14.0 Å². The molecule has 2 N–H and O–H groups in total. The van der Waals surface area contributed by atoms with Gasteiger partial charge in [-0.3, -0.25) is 4.79 Å². The van der Waals surface area contributed by atoms with Gasteiger partial charge in [-0.15, -0.1) is 0 Å². The molecule has 21 heavy (non-hydrogen) atoms. The highest BCUT2D eigenvalue weighted by Gasteiger charge is 2.20. The number of carbonyl (C=O) groups is 2. The van der Waals surface area contributed by atoms with Crippen LogP contribution in [0.5, 0.6) is 0 Å². The Balaban J connectivity index is 3.77. The van der Waals surface area contributed by atoms with E-state index < -0.39 is 5.97 Å². The Hall–Kier alpha value is -1.34. The van der Waals surface area contributed by atoms with Crippen molar-refractivity contribution in [2.24, 2.45) is 0 Å². The lowest BCUT2D eigenvalue weighted by molar-refractivity contribution is -0.138. The van der Waals surface area contributed by atoms with Crippen molar-refractivity contribution in [3.8, 4) is 0 Å². The lowest BCUT2D eigenvalue weighted by Crippen LogP contribution is -2.45. The van der Waals surface area contributed by atoms with Gasteiger partial charge in [0.2, 0.25) is 0 Å². The second kappa shape index (κ2) is 12.4. The fraction of sp³-hybridized carbons (Fsp3) is 0.857. The van der Waals surface area contributed by atoms with Crippen molar-refractivity contribution < 1.29 is 24.2 Å². The molecule has 0 saturated heterocycles. The molecule has 7 nitrogen and oxygen atoms in total. The summed E-state index contributed by atoms with van der Waals surface area (Å²) in [6.45, 7) is 6.43. The van der Waals surface area contributed by atoms with Crippen molar-refractivity contribution in [1.82, 2.24) is 10.2 Å². The molecule has 124 valence electrons. The summed E-state index contributed by atoms with van der Waals surface area (Å²) in [6.07, 6.45) is 1.64. The Morgan fingerprint density at radius 2 is 1.95 bits per heavy atom. The van der Waals surface area contributed by atoms with Gasteiger partial charge in [-0.25, -0.2) is 4.79 Å². The van der Waals surface area contributed by atoms with Gasteiger partial charge in [0.25, 0.3) is 0 Å². The second-order valence-electron chi connectivity index (χ2n) is 4.78. The molecule has 0 aliphatic heterocycles. The maximum atomic E-state index is 11.9. The van der Waals surface area contributed by atoms with Gasteiger partial charge in [0.05, 0.1) is 19.6 Å². The first-order chi connectivity index (χ1) is 10.0. The summed E-state index contributed by atoms with van der Waals surface area (Å²) >= 11 is 0. The van der Waals surface area contributed by atoms with E-state index in [4.69, 9.17) is 14.6 Å². The third kappa shape index (κ3) is 10.1. The van der Waals surface area contributed by atoms with Crippen LogP contribution in [0.15, 0.2) is 0 Å². The molecule has 0 aliphatic carbocycles. The first-order valence-corrected chi connectivity index (χ1v) is 7.35. The van der Waals surface area contributed by atoms with E-state index in [-0.39, 0.29) is 18.5 Å².